The van der Waals surface area contributed by atoms with E-state index in [1.54, 1.807) is 0 Å². The lowest BCUT2D eigenvalue weighted by molar-refractivity contribution is -0.147. The van der Waals surface area contributed by atoms with Crippen LogP contribution in [0.5, 0.6) is 0 Å². The van der Waals surface area contributed by atoms with E-state index < -0.39 is 0 Å². The van der Waals surface area contributed by atoms with E-state index in [0.29, 0.717) is 12.0 Å². The van der Waals surface area contributed by atoms with E-state index in [1.165, 1.54) is 0 Å². The van der Waals surface area contributed by atoms with Crippen LogP contribution in [0.2, 0.25) is 0 Å². The van der Waals surface area contributed by atoms with E-state index in [-0.39, 0.29) is 11.9 Å². The molecular weight excluding hydrogens is 208 g/mol. The normalized spacial score (nSPS) is 11.9. The molecule has 0 aromatic heterocycles. The molecule has 0 radical (unpaired) electrons. The Bertz CT molecular complexity index is 183. The number of hydrogen-bond acceptors (Lipinski definition) is 3. The van der Waals surface area contributed by atoms with Gasteiger partial charge in [0.05, 0.1) is 12.5 Å². The van der Waals surface area contributed by atoms with Crippen molar-refractivity contribution in [2.24, 2.45) is 11.3 Å². The number of rotatable bonds is 6. The molecule has 2 nitrogen and oxygen atoms in total. The molecule has 0 fully saturated rings. The van der Waals surface area contributed by atoms with Crippen molar-refractivity contribution in [3.8, 4) is 0 Å². The van der Waals surface area contributed by atoms with Gasteiger partial charge < -0.3 is 4.74 Å². The molecule has 0 rings (SSSR count). The summed E-state index contributed by atoms with van der Waals surface area (Å²) < 4.78 is 5.08. The second-order valence-electron chi connectivity index (χ2n) is 5.29. The van der Waals surface area contributed by atoms with E-state index in [9.17, 15) is 4.79 Å². The van der Waals surface area contributed by atoms with Crippen LogP contribution in [0.15, 0.2) is 0 Å². The molecular formula is C12H24O2S. The summed E-state index contributed by atoms with van der Waals surface area (Å²) in [5.41, 5.74) is 0.388. The van der Waals surface area contributed by atoms with Gasteiger partial charge in [-0.05, 0) is 23.3 Å². The van der Waals surface area contributed by atoms with Gasteiger partial charge in [0.1, 0.15) is 0 Å². The second-order valence-corrected chi connectivity index (χ2v) is 6.39. The van der Waals surface area contributed by atoms with Gasteiger partial charge in [-0.15, -0.1) is 0 Å². The summed E-state index contributed by atoms with van der Waals surface area (Å²) in [6.45, 7) is 11.0. The van der Waals surface area contributed by atoms with Crippen molar-refractivity contribution in [1.29, 1.82) is 0 Å². The van der Waals surface area contributed by atoms with Crippen LogP contribution in [-0.4, -0.2) is 24.1 Å². The van der Waals surface area contributed by atoms with Gasteiger partial charge in [0.25, 0.3) is 0 Å². The minimum atomic E-state index is -0.0872. The van der Waals surface area contributed by atoms with Gasteiger partial charge in [0.2, 0.25) is 0 Å². The van der Waals surface area contributed by atoms with Crippen LogP contribution < -0.4 is 0 Å². The molecule has 0 saturated carbocycles. The first kappa shape index (κ1) is 14.8. The maximum atomic E-state index is 11.1. The molecule has 0 heterocycles. The molecule has 0 saturated heterocycles. The highest BCUT2D eigenvalue weighted by Crippen LogP contribution is 2.20. The van der Waals surface area contributed by atoms with Gasteiger partial charge in [-0.25, -0.2) is 0 Å². The number of carbonyl (C=O) groups is 1. The SMILES string of the molecule is CC(C)C(=O)OCCCSCC(C)(C)C. The molecule has 90 valence electrons. The Kier molecular flexibility index (Phi) is 7.07. The van der Waals surface area contributed by atoms with E-state index in [2.05, 4.69) is 20.8 Å². The first-order valence-electron chi connectivity index (χ1n) is 5.57. The van der Waals surface area contributed by atoms with Crippen molar-refractivity contribution in [2.75, 3.05) is 18.1 Å². The van der Waals surface area contributed by atoms with Crippen LogP contribution >= 0.6 is 11.8 Å². The Morgan fingerprint density at radius 2 is 1.93 bits per heavy atom. The Hall–Kier alpha value is -0.180. The lowest BCUT2D eigenvalue weighted by Gasteiger charge is -2.17. The maximum Gasteiger partial charge on any atom is 0.308 e. The van der Waals surface area contributed by atoms with Gasteiger partial charge in [0, 0.05) is 0 Å². The standard InChI is InChI=1S/C12H24O2S/c1-10(2)11(13)14-7-6-8-15-9-12(3,4)5/h10H,6-9H2,1-5H3. The molecule has 3 heteroatoms. The zero-order valence-electron chi connectivity index (χ0n) is 10.6. The summed E-state index contributed by atoms with van der Waals surface area (Å²) in [5, 5.41) is 0. The summed E-state index contributed by atoms with van der Waals surface area (Å²) in [5.74, 6) is 2.14. The van der Waals surface area contributed by atoms with Crippen LogP contribution in [0.3, 0.4) is 0 Å². The third kappa shape index (κ3) is 10.1. The van der Waals surface area contributed by atoms with Crippen LogP contribution in [0.25, 0.3) is 0 Å². The van der Waals surface area contributed by atoms with Crippen LogP contribution in [-0.2, 0) is 9.53 Å². The largest absolute Gasteiger partial charge is 0.465 e. The van der Waals surface area contributed by atoms with Crippen molar-refractivity contribution in [2.45, 2.75) is 41.0 Å². The van der Waals surface area contributed by atoms with Crippen molar-refractivity contribution < 1.29 is 9.53 Å². The summed E-state index contributed by atoms with van der Waals surface area (Å²) in [7, 11) is 0. The highest BCUT2D eigenvalue weighted by molar-refractivity contribution is 7.99. The van der Waals surface area contributed by atoms with Gasteiger partial charge in [-0.3, -0.25) is 4.79 Å². The molecule has 0 N–H and O–H groups in total. The van der Waals surface area contributed by atoms with Gasteiger partial charge in [-0.1, -0.05) is 34.6 Å². The molecule has 0 bridgehead atoms. The molecule has 0 aromatic carbocycles. The monoisotopic (exact) mass is 232 g/mol. The van der Waals surface area contributed by atoms with Crippen molar-refractivity contribution in [3.05, 3.63) is 0 Å². The van der Waals surface area contributed by atoms with E-state index >= 15 is 0 Å². The lowest BCUT2D eigenvalue weighted by atomic mass is 10.0. The third-order valence-electron chi connectivity index (χ3n) is 1.68. The van der Waals surface area contributed by atoms with Crippen LogP contribution in [0, 0.1) is 11.3 Å². The fourth-order valence-electron chi connectivity index (χ4n) is 0.879. The number of hydrogen-bond donors (Lipinski definition) is 0. The van der Waals surface area contributed by atoms with Crippen molar-refractivity contribution in [1.82, 2.24) is 0 Å². The first-order chi connectivity index (χ1) is 6.83. The topological polar surface area (TPSA) is 26.3 Å². The van der Waals surface area contributed by atoms with Crippen LogP contribution in [0.1, 0.15) is 41.0 Å². The quantitative estimate of drug-likeness (QED) is 0.519. The first-order valence-corrected chi connectivity index (χ1v) is 6.73. The number of carbonyl (C=O) groups excluding carboxylic acids is 1. The Morgan fingerprint density at radius 1 is 1.33 bits per heavy atom. The summed E-state index contributed by atoms with van der Waals surface area (Å²) in [6, 6.07) is 0. The predicted octanol–water partition coefficient (Wildman–Crippen LogP) is 3.36. The van der Waals surface area contributed by atoms with E-state index in [1.807, 2.05) is 25.6 Å². The summed E-state index contributed by atoms with van der Waals surface area (Å²) >= 11 is 1.93. The van der Waals surface area contributed by atoms with Crippen molar-refractivity contribution >= 4 is 17.7 Å². The Labute approximate surface area is 98.2 Å². The zero-order valence-corrected chi connectivity index (χ0v) is 11.4. The summed E-state index contributed by atoms with van der Waals surface area (Å²) in [4.78, 5) is 11.1. The van der Waals surface area contributed by atoms with E-state index in [0.717, 1.165) is 17.9 Å². The van der Waals surface area contributed by atoms with Crippen molar-refractivity contribution in [3.63, 3.8) is 0 Å². The van der Waals surface area contributed by atoms with Gasteiger partial charge in [-0.2, -0.15) is 11.8 Å². The smallest absolute Gasteiger partial charge is 0.308 e. The molecule has 15 heavy (non-hydrogen) atoms. The predicted molar refractivity (Wildman–Crippen MR) is 67.2 cm³/mol. The molecule has 0 aromatic rings. The maximum absolute atomic E-state index is 11.1. The Balaban J connectivity index is 3.30. The average Bonchev–Trinajstić information content (AvgIpc) is 2.08. The molecule has 0 amide bonds. The highest BCUT2D eigenvalue weighted by atomic mass is 32.2. The fourth-order valence-corrected chi connectivity index (χ4v) is 1.96. The van der Waals surface area contributed by atoms with Crippen LogP contribution in [0.4, 0.5) is 0 Å². The average molecular weight is 232 g/mol. The van der Waals surface area contributed by atoms with Gasteiger partial charge in [0.15, 0.2) is 0 Å². The number of thioether (sulfide) groups is 1. The van der Waals surface area contributed by atoms with E-state index in [4.69, 9.17) is 4.74 Å². The number of ether oxygens (including phenoxy) is 1. The highest BCUT2D eigenvalue weighted by Gasteiger charge is 2.10. The second kappa shape index (κ2) is 7.15. The minimum Gasteiger partial charge on any atom is -0.465 e. The van der Waals surface area contributed by atoms with Gasteiger partial charge >= 0.3 is 5.97 Å². The summed E-state index contributed by atoms with van der Waals surface area (Å²) in [6.07, 6.45) is 0.958. The molecule has 0 aliphatic rings. The molecule has 0 spiro atoms. The fraction of sp³-hybridized carbons (Fsp3) is 0.917. The lowest BCUT2D eigenvalue weighted by Crippen LogP contribution is -2.13. The Morgan fingerprint density at radius 3 is 2.40 bits per heavy atom. The molecule has 0 atom stereocenters. The minimum absolute atomic E-state index is 0.00720. The molecule has 0 aliphatic heterocycles. The molecule has 0 aliphatic carbocycles. The molecule has 0 unspecified atom stereocenters. The number of esters is 1. The zero-order chi connectivity index (χ0) is 11.9. The third-order valence-corrected chi connectivity index (χ3v) is 3.33.